The molecular formula is C12H21N3O2S. The summed E-state index contributed by atoms with van der Waals surface area (Å²) in [5.41, 5.74) is 1.07. The topological polar surface area (TPSA) is 74.2 Å². The minimum Gasteiger partial charge on any atom is -0.394 e. The Kier molecular flexibility index (Phi) is 6.67. The molecule has 5 nitrogen and oxygen atoms in total. The van der Waals surface area contributed by atoms with Crippen LogP contribution in [0.5, 0.6) is 0 Å². The normalized spacial score (nSPS) is 12.2. The molecular weight excluding hydrogens is 250 g/mol. The standard InChI is InChI=1S/C12H21N3O2S/c1-9(7-16)15-12(17)13-6-4-3-5-11-14-10(2)8-18-11/h8-9,16H,3-7H2,1-2H3,(H2,13,15,17). The Morgan fingerprint density at radius 1 is 1.56 bits per heavy atom. The summed E-state index contributed by atoms with van der Waals surface area (Å²) in [6.07, 6.45) is 2.91. The molecule has 0 radical (unpaired) electrons. The molecule has 3 N–H and O–H groups in total. The van der Waals surface area contributed by atoms with Crippen molar-refractivity contribution in [1.29, 1.82) is 0 Å². The highest BCUT2D eigenvalue weighted by atomic mass is 32.1. The molecule has 0 aliphatic heterocycles. The number of nitrogens with zero attached hydrogens (tertiary/aromatic N) is 1. The zero-order chi connectivity index (χ0) is 13.4. The van der Waals surface area contributed by atoms with Crippen molar-refractivity contribution in [3.63, 3.8) is 0 Å². The second-order valence-corrected chi connectivity index (χ2v) is 5.27. The fraction of sp³-hybridized carbons (Fsp3) is 0.667. The van der Waals surface area contributed by atoms with Crippen LogP contribution < -0.4 is 10.6 Å². The Hall–Kier alpha value is -1.14. The monoisotopic (exact) mass is 271 g/mol. The van der Waals surface area contributed by atoms with Crippen LogP contribution in [-0.4, -0.2) is 35.3 Å². The Balaban J connectivity index is 2.03. The molecule has 0 aliphatic rings. The molecule has 1 atom stereocenters. The molecule has 0 spiro atoms. The maximum Gasteiger partial charge on any atom is 0.315 e. The van der Waals surface area contributed by atoms with E-state index in [1.807, 2.05) is 6.92 Å². The lowest BCUT2D eigenvalue weighted by Crippen LogP contribution is -2.42. The van der Waals surface area contributed by atoms with Crippen molar-refractivity contribution in [3.05, 3.63) is 16.1 Å². The van der Waals surface area contributed by atoms with Gasteiger partial charge >= 0.3 is 6.03 Å². The highest BCUT2D eigenvalue weighted by Gasteiger charge is 2.04. The molecule has 0 saturated heterocycles. The lowest BCUT2D eigenvalue weighted by atomic mass is 10.2. The number of aliphatic hydroxyl groups excluding tert-OH is 1. The SMILES string of the molecule is Cc1csc(CCCCNC(=O)NC(C)CO)n1. The van der Waals surface area contributed by atoms with Gasteiger partial charge in [0.25, 0.3) is 0 Å². The van der Waals surface area contributed by atoms with Crippen molar-refractivity contribution in [2.24, 2.45) is 0 Å². The fourth-order valence-electron chi connectivity index (χ4n) is 1.44. The predicted molar refractivity (Wildman–Crippen MR) is 72.9 cm³/mol. The van der Waals surface area contributed by atoms with Gasteiger partial charge in [-0.25, -0.2) is 9.78 Å². The van der Waals surface area contributed by atoms with Crippen LogP contribution in [0.15, 0.2) is 5.38 Å². The van der Waals surface area contributed by atoms with Gasteiger partial charge in [-0.3, -0.25) is 0 Å². The smallest absolute Gasteiger partial charge is 0.315 e. The Morgan fingerprint density at radius 3 is 2.94 bits per heavy atom. The number of nitrogens with one attached hydrogen (secondary N) is 2. The zero-order valence-corrected chi connectivity index (χ0v) is 11.7. The first-order chi connectivity index (χ1) is 8.61. The van der Waals surface area contributed by atoms with E-state index in [9.17, 15) is 4.79 Å². The average Bonchev–Trinajstić information content (AvgIpc) is 2.74. The van der Waals surface area contributed by atoms with E-state index in [4.69, 9.17) is 5.11 Å². The van der Waals surface area contributed by atoms with Gasteiger partial charge in [0.1, 0.15) is 0 Å². The molecule has 18 heavy (non-hydrogen) atoms. The second kappa shape index (κ2) is 8.05. The molecule has 0 fully saturated rings. The Morgan fingerprint density at radius 2 is 2.33 bits per heavy atom. The number of rotatable bonds is 7. The molecule has 0 aliphatic carbocycles. The molecule has 1 aromatic heterocycles. The quantitative estimate of drug-likeness (QED) is 0.657. The first-order valence-electron chi connectivity index (χ1n) is 6.18. The minimum atomic E-state index is -0.221. The molecule has 0 aromatic carbocycles. The van der Waals surface area contributed by atoms with Crippen LogP contribution in [0.25, 0.3) is 0 Å². The van der Waals surface area contributed by atoms with Gasteiger partial charge in [0.15, 0.2) is 0 Å². The number of carbonyl (C=O) groups excluding carboxylic acids is 1. The van der Waals surface area contributed by atoms with Gasteiger partial charge in [-0.2, -0.15) is 0 Å². The summed E-state index contributed by atoms with van der Waals surface area (Å²) < 4.78 is 0. The first-order valence-corrected chi connectivity index (χ1v) is 7.06. The maximum absolute atomic E-state index is 11.3. The Labute approximate surface area is 112 Å². The molecule has 0 bridgehead atoms. The summed E-state index contributed by atoms with van der Waals surface area (Å²) in [4.78, 5) is 15.7. The number of amides is 2. The van der Waals surface area contributed by atoms with E-state index in [2.05, 4.69) is 21.0 Å². The highest BCUT2D eigenvalue weighted by Crippen LogP contribution is 2.11. The van der Waals surface area contributed by atoms with Crippen molar-refractivity contribution in [1.82, 2.24) is 15.6 Å². The van der Waals surface area contributed by atoms with Crippen molar-refractivity contribution in [2.45, 2.75) is 39.2 Å². The molecule has 1 heterocycles. The number of aromatic nitrogens is 1. The Bertz CT molecular complexity index is 368. The summed E-state index contributed by atoms with van der Waals surface area (Å²) in [5.74, 6) is 0. The van der Waals surface area contributed by atoms with E-state index < -0.39 is 0 Å². The number of thiazole rings is 1. The van der Waals surface area contributed by atoms with Gasteiger partial charge in [-0.1, -0.05) is 0 Å². The van der Waals surface area contributed by atoms with Crippen molar-refractivity contribution in [3.8, 4) is 0 Å². The van der Waals surface area contributed by atoms with Crippen LogP contribution in [0.1, 0.15) is 30.5 Å². The highest BCUT2D eigenvalue weighted by molar-refractivity contribution is 7.09. The van der Waals surface area contributed by atoms with Crippen LogP contribution in [0, 0.1) is 6.92 Å². The van der Waals surface area contributed by atoms with Gasteiger partial charge in [-0.05, 0) is 33.1 Å². The molecule has 0 saturated carbocycles. The molecule has 1 unspecified atom stereocenters. The number of unbranched alkanes of at least 4 members (excludes halogenated alkanes) is 1. The number of aliphatic hydroxyl groups is 1. The zero-order valence-electron chi connectivity index (χ0n) is 10.9. The van der Waals surface area contributed by atoms with Crippen LogP contribution >= 0.6 is 11.3 Å². The molecule has 1 aromatic rings. The molecule has 102 valence electrons. The lowest BCUT2D eigenvalue weighted by Gasteiger charge is -2.11. The van der Waals surface area contributed by atoms with Crippen LogP contribution in [0.3, 0.4) is 0 Å². The predicted octanol–water partition coefficient (Wildman–Crippen LogP) is 1.45. The number of hydrogen-bond donors (Lipinski definition) is 3. The summed E-state index contributed by atoms with van der Waals surface area (Å²) in [6, 6.07) is -0.426. The van der Waals surface area contributed by atoms with Gasteiger partial charge in [0.05, 0.1) is 17.7 Å². The minimum absolute atomic E-state index is 0.0448. The second-order valence-electron chi connectivity index (χ2n) is 4.32. The third-order valence-electron chi connectivity index (χ3n) is 2.42. The fourth-order valence-corrected chi connectivity index (χ4v) is 2.26. The van der Waals surface area contributed by atoms with E-state index in [0.29, 0.717) is 6.54 Å². The van der Waals surface area contributed by atoms with Crippen LogP contribution in [0.2, 0.25) is 0 Å². The van der Waals surface area contributed by atoms with Crippen molar-refractivity contribution in [2.75, 3.05) is 13.2 Å². The molecule has 1 rings (SSSR count). The van der Waals surface area contributed by atoms with Gasteiger partial charge in [0, 0.05) is 17.6 Å². The van der Waals surface area contributed by atoms with Gasteiger partial charge < -0.3 is 15.7 Å². The number of urea groups is 1. The van der Waals surface area contributed by atoms with E-state index in [1.54, 1.807) is 18.3 Å². The molecule has 6 heteroatoms. The van der Waals surface area contributed by atoms with E-state index >= 15 is 0 Å². The average molecular weight is 271 g/mol. The van der Waals surface area contributed by atoms with E-state index in [1.165, 1.54) is 0 Å². The third-order valence-corrected chi connectivity index (χ3v) is 3.45. The van der Waals surface area contributed by atoms with E-state index in [-0.39, 0.29) is 18.7 Å². The van der Waals surface area contributed by atoms with Gasteiger partial charge in [0.2, 0.25) is 0 Å². The van der Waals surface area contributed by atoms with E-state index in [0.717, 1.165) is 30.0 Å². The lowest BCUT2D eigenvalue weighted by molar-refractivity contribution is 0.220. The van der Waals surface area contributed by atoms with Crippen molar-refractivity contribution >= 4 is 17.4 Å². The summed E-state index contributed by atoms with van der Waals surface area (Å²) in [7, 11) is 0. The van der Waals surface area contributed by atoms with Crippen LogP contribution in [0.4, 0.5) is 4.79 Å². The summed E-state index contributed by atoms with van der Waals surface area (Å²) in [5, 5.41) is 17.4. The van der Waals surface area contributed by atoms with Gasteiger partial charge in [-0.15, -0.1) is 11.3 Å². The number of hydrogen-bond acceptors (Lipinski definition) is 4. The summed E-state index contributed by atoms with van der Waals surface area (Å²) >= 11 is 1.69. The number of aryl methyl sites for hydroxylation is 2. The van der Waals surface area contributed by atoms with Crippen LogP contribution in [-0.2, 0) is 6.42 Å². The summed E-state index contributed by atoms with van der Waals surface area (Å²) in [6.45, 7) is 4.35. The van der Waals surface area contributed by atoms with Crippen molar-refractivity contribution < 1.29 is 9.90 Å². The first kappa shape index (κ1) is 14.9. The largest absolute Gasteiger partial charge is 0.394 e. The number of carbonyl (C=O) groups is 1. The third kappa shape index (κ3) is 5.97. The molecule has 2 amide bonds. The maximum atomic E-state index is 11.3.